The van der Waals surface area contributed by atoms with Crippen molar-refractivity contribution in [1.29, 1.82) is 0 Å². The summed E-state index contributed by atoms with van der Waals surface area (Å²) in [5.74, 6) is 3.03. The second-order valence-corrected chi connectivity index (χ2v) is 4.01. The van der Waals surface area contributed by atoms with Crippen LogP contribution in [0.1, 0.15) is 6.92 Å². The van der Waals surface area contributed by atoms with Crippen LogP contribution < -0.4 is 10.5 Å². The van der Waals surface area contributed by atoms with Crippen LogP contribution in [0.25, 0.3) is 0 Å². The summed E-state index contributed by atoms with van der Waals surface area (Å²) in [7, 11) is 0. The molecular formula is C10H15NOS. The first-order valence-corrected chi connectivity index (χ1v) is 5.54. The minimum Gasteiger partial charge on any atom is -0.493 e. The summed E-state index contributed by atoms with van der Waals surface area (Å²) < 4.78 is 5.49. The molecule has 0 aromatic heterocycles. The Labute approximate surface area is 83.5 Å². The van der Waals surface area contributed by atoms with Crippen molar-refractivity contribution in [1.82, 2.24) is 0 Å². The maximum atomic E-state index is 5.60. The van der Waals surface area contributed by atoms with Crippen molar-refractivity contribution in [2.45, 2.75) is 6.92 Å². The molecule has 0 amide bonds. The minimum absolute atomic E-state index is 0.751. The Balaban J connectivity index is 2.28. The molecule has 1 rings (SSSR count). The van der Waals surface area contributed by atoms with Gasteiger partial charge in [0.25, 0.3) is 0 Å². The quantitative estimate of drug-likeness (QED) is 0.581. The Hall–Kier alpha value is -0.830. The van der Waals surface area contributed by atoms with Crippen LogP contribution in [0.15, 0.2) is 24.3 Å². The highest BCUT2D eigenvalue weighted by molar-refractivity contribution is 7.99. The van der Waals surface area contributed by atoms with E-state index in [9.17, 15) is 0 Å². The zero-order valence-electron chi connectivity index (χ0n) is 7.82. The third-order valence-electron chi connectivity index (χ3n) is 1.56. The lowest BCUT2D eigenvalue weighted by Gasteiger charge is -2.05. The van der Waals surface area contributed by atoms with Crippen molar-refractivity contribution in [2.24, 2.45) is 0 Å². The van der Waals surface area contributed by atoms with Crippen LogP contribution in [0.2, 0.25) is 0 Å². The first-order chi connectivity index (χ1) is 6.33. The highest BCUT2D eigenvalue weighted by Crippen LogP contribution is 2.14. The van der Waals surface area contributed by atoms with Crippen LogP contribution in [0.4, 0.5) is 5.69 Å². The molecule has 0 unspecified atom stereocenters. The lowest BCUT2D eigenvalue weighted by Crippen LogP contribution is -2.00. The third-order valence-corrected chi connectivity index (χ3v) is 2.42. The van der Waals surface area contributed by atoms with E-state index < -0.39 is 0 Å². The first-order valence-electron chi connectivity index (χ1n) is 4.39. The summed E-state index contributed by atoms with van der Waals surface area (Å²) in [6.07, 6.45) is 0. The van der Waals surface area contributed by atoms with E-state index in [0.717, 1.165) is 29.5 Å². The average Bonchev–Trinajstić information content (AvgIpc) is 2.13. The highest BCUT2D eigenvalue weighted by atomic mass is 32.2. The number of hydrogen-bond acceptors (Lipinski definition) is 3. The van der Waals surface area contributed by atoms with Gasteiger partial charge in [-0.1, -0.05) is 13.0 Å². The van der Waals surface area contributed by atoms with Gasteiger partial charge in [-0.15, -0.1) is 0 Å². The van der Waals surface area contributed by atoms with Crippen molar-refractivity contribution in [3.05, 3.63) is 24.3 Å². The molecule has 0 atom stereocenters. The fourth-order valence-corrected chi connectivity index (χ4v) is 1.46. The van der Waals surface area contributed by atoms with E-state index in [4.69, 9.17) is 10.5 Å². The highest BCUT2D eigenvalue weighted by Gasteiger charge is 1.93. The van der Waals surface area contributed by atoms with E-state index in [1.54, 1.807) is 0 Å². The van der Waals surface area contributed by atoms with Crippen LogP contribution in [0, 0.1) is 0 Å². The number of nitrogens with two attached hydrogens (primary N) is 1. The second-order valence-electron chi connectivity index (χ2n) is 2.62. The summed E-state index contributed by atoms with van der Waals surface area (Å²) in [5.41, 5.74) is 6.35. The smallest absolute Gasteiger partial charge is 0.121 e. The largest absolute Gasteiger partial charge is 0.493 e. The molecule has 0 heterocycles. The molecule has 0 saturated carbocycles. The lowest BCUT2D eigenvalue weighted by atomic mass is 10.3. The number of hydrogen-bond donors (Lipinski definition) is 1. The number of nitrogen functional groups attached to an aromatic ring is 1. The second kappa shape index (κ2) is 5.75. The maximum Gasteiger partial charge on any atom is 0.121 e. The van der Waals surface area contributed by atoms with E-state index in [2.05, 4.69) is 6.92 Å². The van der Waals surface area contributed by atoms with Crippen molar-refractivity contribution in [3.8, 4) is 5.75 Å². The van der Waals surface area contributed by atoms with E-state index in [0.29, 0.717) is 0 Å². The molecule has 72 valence electrons. The van der Waals surface area contributed by atoms with Gasteiger partial charge in [0.2, 0.25) is 0 Å². The SMILES string of the molecule is CCSCCOc1cccc(N)c1. The zero-order chi connectivity index (χ0) is 9.52. The van der Waals surface area contributed by atoms with Gasteiger partial charge in [0.15, 0.2) is 0 Å². The van der Waals surface area contributed by atoms with Gasteiger partial charge >= 0.3 is 0 Å². The molecular weight excluding hydrogens is 182 g/mol. The Morgan fingerprint density at radius 2 is 2.31 bits per heavy atom. The maximum absolute atomic E-state index is 5.60. The van der Waals surface area contributed by atoms with Gasteiger partial charge in [0, 0.05) is 17.5 Å². The van der Waals surface area contributed by atoms with Gasteiger partial charge in [-0.2, -0.15) is 11.8 Å². The molecule has 0 aliphatic carbocycles. The monoisotopic (exact) mass is 197 g/mol. The molecule has 0 aliphatic rings. The summed E-state index contributed by atoms with van der Waals surface area (Å²) in [6.45, 7) is 2.90. The number of rotatable bonds is 5. The van der Waals surface area contributed by atoms with Crippen molar-refractivity contribution in [2.75, 3.05) is 23.8 Å². The predicted molar refractivity (Wildman–Crippen MR) is 59.3 cm³/mol. The molecule has 2 N–H and O–H groups in total. The Bertz CT molecular complexity index is 252. The number of benzene rings is 1. The minimum atomic E-state index is 0.751. The van der Waals surface area contributed by atoms with Gasteiger partial charge in [0.1, 0.15) is 5.75 Å². The standard InChI is InChI=1S/C10H15NOS/c1-2-13-7-6-12-10-5-3-4-9(11)8-10/h3-5,8H,2,6-7,11H2,1H3. The molecule has 0 aliphatic heterocycles. The molecule has 0 fully saturated rings. The van der Waals surface area contributed by atoms with E-state index >= 15 is 0 Å². The molecule has 0 bridgehead atoms. The molecule has 13 heavy (non-hydrogen) atoms. The topological polar surface area (TPSA) is 35.2 Å². The van der Waals surface area contributed by atoms with Gasteiger partial charge < -0.3 is 10.5 Å². The van der Waals surface area contributed by atoms with E-state index in [1.165, 1.54) is 0 Å². The number of ether oxygens (including phenoxy) is 1. The van der Waals surface area contributed by atoms with Crippen LogP contribution >= 0.6 is 11.8 Å². The fourth-order valence-electron chi connectivity index (χ4n) is 0.967. The molecule has 2 nitrogen and oxygen atoms in total. The summed E-state index contributed by atoms with van der Waals surface area (Å²) in [4.78, 5) is 0. The molecule has 0 radical (unpaired) electrons. The molecule has 0 spiro atoms. The molecule has 1 aromatic carbocycles. The molecule has 0 saturated heterocycles. The van der Waals surface area contributed by atoms with Crippen molar-refractivity contribution < 1.29 is 4.74 Å². The normalized spacial score (nSPS) is 9.92. The molecule has 1 aromatic rings. The fraction of sp³-hybridized carbons (Fsp3) is 0.400. The van der Waals surface area contributed by atoms with E-state index in [1.807, 2.05) is 36.0 Å². The van der Waals surface area contributed by atoms with Gasteiger partial charge in [0.05, 0.1) is 6.61 Å². The van der Waals surface area contributed by atoms with Gasteiger partial charge in [-0.05, 0) is 17.9 Å². The van der Waals surface area contributed by atoms with Crippen LogP contribution in [-0.2, 0) is 0 Å². The van der Waals surface area contributed by atoms with Crippen LogP contribution in [-0.4, -0.2) is 18.1 Å². The van der Waals surface area contributed by atoms with Gasteiger partial charge in [-0.25, -0.2) is 0 Å². The summed E-state index contributed by atoms with van der Waals surface area (Å²) in [6, 6.07) is 7.52. The van der Waals surface area contributed by atoms with E-state index in [-0.39, 0.29) is 0 Å². The van der Waals surface area contributed by atoms with Crippen LogP contribution in [0.3, 0.4) is 0 Å². The zero-order valence-corrected chi connectivity index (χ0v) is 8.64. The average molecular weight is 197 g/mol. The third kappa shape index (κ3) is 4.08. The van der Waals surface area contributed by atoms with Crippen LogP contribution in [0.5, 0.6) is 5.75 Å². The van der Waals surface area contributed by atoms with Gasteiger partial charge in [-0.3, -0.25) is 0 Å². The first kappa shape index (κ1) is 10.3. The lowest BCUT2D eigenvalue weighted by molar-refractivity contribution is 0.344. The summed E-state index contributed by atoms with van der Waals surface area (Å²) in [5, 5.41) is 0. The molecule has 3 heteroatoms. The van der Waals surface area contributed by atoms with Crippen molar-refractivity contribution >= 4 is 17.4 Å². The summed E-state index contributed by atoms with van der Waals surface area (Å²) >= 11 is 1.88. The van der Waals surface area contributed by atoms with Crippen molar-refractivity contribution in [3.63, 3.8) is 0 Å². The Morgan fingerprint density at radius 1 is 1.46 bits per heavy atom. The number of anilines is 1. The Kier molecular flexibility index (Phi) is 4.54. The Morgan fingerprint density at radius 3 is 3.00 bits per heavy atom. The predicted octanol–water partition coefficient (Wildman–Crippen LogP) is 2.40. The number of thioether (sulfide) groups is 1.